The first-order valence-electron chi connectivity index (χ1n) is 15.1. The highest BCUT2D eigenvalue weighted by atomic mass is 79.9. The van der Waals surface area contributed by atoms with E-state index < -0.39 is 22.7 Å². The van der Waals surface area contributed by atoms with Gasteiger partial charge in [-0.1, -0.05) is 118 Å². The summed E-state index contributed by atoms with van der Waals surface area (Å²) in [6.45, 7) is 2.67. The van der Waals surface area contributed by atoms with Crippen LogP contribution in [0.4, 0.5) is 5.69 Å². The molecule has 1 heterocycles. The molecule has 0 aliphatic carbocycles. The van der Waals surface area contributed by atoms with Crippen LogP contribution in [0.25, 0.3) is 5.76 Å². The van der Waals surface area contributed by atoms with Crippen molar-refractivity contribution in [2.24, 2.45) is 0 Å². The van der Waals surface area contributed by atoms with E-state index in [1.165, 1.54) is 94.9 Å². The molecule has 0 radical (unpaired) electrons. The molecule has 1 aliphatic heterocycles. The number of hydrogen-bond acceptors (Lipinski definition) is 5. The van der Waals surface area contributed by atoms with Gasteiger partial charge < -0.3 is 10.0 Å². The SMILES string of the molecule is CCCCCCCCCCCCCCCCN1C(=O)C(=O)C(=C(O)c2ccc([N+](=O)[O-])cc2)[C@@H]1c1ccc(Br)cc1. The third-order valence-corrected chi connectivity index (χ3v) is 8.36. The Hall–Kier alpha value is -3.00. The molecule has 1 N–H and O–H groups in total. The van der Waals surface area contributed by atoms with Gasteiger partial charge in [-0.2, -0.15) is 0 Å². The van der Waals surface area contributed by atoms with Crippen molar-refractivity contribution in [3.8, 4) is 0 Å². The molecular weight excluding hydrogens is 584 g/mol. The fourth-order valence-electron chi connectivity index (χ4n) is 5.48. The number of nitrogens with zero attached hydrogens (tertiary/aromatic N) is 2. The first-order valence-corrected chi connectivity index (χ1v) is 15.9. The number of benzene rings is 2. The van der Waals surface area contributed by atoms with Crippen LogP contribution in [0, 0.1) is 10.1 Å². The van der Waals surface area contributed by atoms with Gasteiger partial charge in [0, 0.05) is 28.7 Å². The lowest BCUT2D eigenvalue weighted by molar-refractivity contribution is -0.384. The zero-order chi connectivity index (χ0) is 29.6. The molecule has 1 aliphatic rings. The predicted molar refractivity (Wildman–Crippen MR) is 167 cm³/mol. The second kappa shape index (κ2) is 17.1. The average Bonchev–Trinajstić information content (AvgIpc) is 3.22. The molecule has 0 spiro atoms. The highest BCUT2D eigenvalue weighted by molar-refractivity contribution is 9.10. The molecule has 2 aromatic rings. The van der Waals surface area contributed by atoms with Crippen LogP contribution in [-0.4, -0.2) is 33.2 Å². The van der Waals surface area contributed by atoms with E-state index >= 15 is 0 Å². The highest BCUT2D eigenvalue weighted by Crippen LogP contribution is 2.40. The maximum Gasteiger partial charge on any atom is 0.295 e. The summed E-state index contributed by atoms with van der Waals surface area (Å²) in [5.74, 6) is -1.69. The minimum absolute atomic E-state index is 0.0107. The van der Waals surface area contributed by atoms with Crippen LogP contribution in [0.5, 0.6) is 0 Å². The summed E-state index contributed by atoms with van der Waals surface area (Å²) < 4.78 is 0.862. The van der Waals surface area contributed by atoms with Crippen molar-refractivity contribution < 1.29 is 19.6 Å². The molecule has 3 rings (SSSR count). The quantitative estimate of drug-likeness (QED) is 0.0443. The molecule has 8 heteroatoms. The third-order valence-electron chi connectivity index (χ3n) is 7.83. The van der Waals surface area contributed by atoms with Gasteiger partial charge in [0.15, 0.2) is 0 Å². The maximum atomic E-state index is 13.2. The number of aliphatic hydroxyl groups is 1. The molecule has 1 atom stereocenters. The number of halogens is 1. The topological polar surface area (TPSA) is 101 Å². The molecule has 0 aromatic heterocycles. The Kier molecular flexibility index (Phi) is 13.5. The lowest BCUT2D eigenvalue weighted by Gasteiger charge is -2.25. The fraction of sp³-hybridized carbons (Fsp3) is 0.515. The monoisotopic (exact) mass is 626 g/mol. The Labute approximate surface area is 252 Å². The first kappa shape index (κ1) is 32.5. The number of amides is 1. The number of hydrogen-bond donors (Lipinski definition) is 1. The second-order valence-corrected chi connectivity index (χ2v) is 11.9. The molecule has 0 saturated carbocycles. The summed E-state index contributed by atoms with van der Waals surface area (Å²) in [5.41, 5.74) is 0.870. The Bertz CT molecular complexity index is 1180. The average molecular weight is 628 g/mol. The summed E-state index contributed by atoms with van der Waals surface area (Å²) in [6.07, 6.45) is 17.3. The van der Waals surface area contributed by atoms with Crippen LogP contribution >= 0.6 is 15.9 Å². The Morgan fingerprint density at radius 3 is 1.78 bits per heavy atom. The van der Waals surface area contributed by atoms with Crippen molar-refractivity contribution in [1.82, 2.24) is 4.90 Å². The van der Waals surface area contributed by atoms with Crippen molar-refractivity contribution in [3.63, 3.8) is 0 Å². The number of aliphatic hydroxyl groups excluding tert-OH is 1. The standard InChI is InChI=1S/C33H43BrN2O5/c1-2-3-4-5-6-7-8-9-10-11-12-13-14-15-24-35-30(25-16-20-27(34)21-17-25)29(32(38)33(35)39)31(37)26-18-22-28(23-19-26)36(40)41/h16-23,30,37H,2-15,24H2,1H3/t30-/m0/s1. The number of nitro groups is 1. The maximum absolute atomic E-state index is 13.2. The molecule has 41 heavy (non-hydrogen) atoms. The van der Waals surface area contributed by atoms with Crippen molar-refractivity contribution >= 4 is 39.1 Å². The third kappa shape index (κ3) is 9.52. The number of carbonyl (C=O) groups is 2. The zero-order valence-corrected chi connectivity index (χ0v) is 25.7. The number of nitro benzene ring substituents is 1. The van der Waals surface area contributed by atoms with Crippen LogP contribution in [0.2, 0.25) is 0 Å². The molecule has 0 unspecified atom stereocenters. The van der Waals surface area contributed by atoms with E-state index in [9.17, 15) is 24.8 Å². The largest absolute Gasteiger partial charge is 0.507 e. The van der Waals surface area contributed by atoms with Gasteiger partial charge in [0.05, 0.1) is 16.5 Å². The summed E-state index contributed by atoms with van der Waals surface area (Å²) in [5, 5.41) is 22.2. The zero-order valence-electron chi connectivity index (χ0n) is 24.2. The summed E-state index contributed by atoms with van der Waals surface area (Å²) in [6, 6.07) is 12.0. The summed E-state index contributed by atoms with van der Waals surface area (Å²) in [4.78, 5) is 38.4. The molecule has 7 nitrogen and oxygen atoms in total. The van der Waals surface area contributed by atoms with Gasteiger partial charge in [-0.25, -0.2) is 0 Å². The Morgan fingerprint density at radius 1 is 0.805 bits per heavy atom. The number of ketones is 1. The van der Waals surface area contributed by atoms with Crippen LogP contribution in [0.3, 0.4) is 0 Å². The number of likely N-dealkylation sites (tertiary alicyclic amines) is 1. The first-order chi connectivity index (χ1) is 19.8. The minimum Gasteiger partial charge on any atom is -0.507 e. The number of non-ortho nitro benzene ring substituents is 1. The number of carbonyl (C=O) groups excluding carboxylic acids is 2. The Balaban J connectivity index is 1.56. The fourth-order valence-corrected chi connectivity index (χ4v) is 5.74. The lowest BCUT2D eigenvalue weighted by atomic mass is 9.95. The molecule has 2 aromatic carbocycles. The van der Waals surface area contributed by atoms with Crippen molar-refractivity contribution in [2.75, 3.05) is 6.54 Å². The number of unbranched alkanes of at least 4 members (excludes halogenated alkanes) is 13. The molecule has 1 saturated heterocycles. The Morgan fingerprint density at radius 2 is 1.29 bits per heavy atom. The molecular formula is C33H43BrN2O5. The van der Waals surface area contributed by atoms with Gasteiger partial charge >= 0.3 is 0 Å². The van der Waals surface area contributed by atoms with Crippen LogP contribution < -0.4 is 0 Å². The molecule has 0 bridgehead atoms. The van der Waals surface area contributed by atoms with Crippen molar-refractivity contribution in [3.05, 3.63) is 79.8 Å². The highest BCUT2D eigenvalue weighted by Gasteiger charge is 2.45. The number of Topliss-reactive ketones (excluding diaryl/α,β-unsaturated/α-hetero) is 1. The smallest absolute Gasteiger partial charge is 0.295 e. The van der Waals surface area contributed by atoms with Crippen molar-refractivity contribution in [2.45, 2.75) is 103 Å². The minimum atomic E-state index is -0.737. The molecule has 1 amide bonds. The van der Waals surface area contributed by atoms with E-state index in [0.29, 0.717) is 6.54 Å². The molecule has 222 valence electrons. The van der Waals surface area contributed by atoms with E-state index in [1.807, 2.05) is 24.3 Å². The summed E-state index contributed by atoms with van der Waals surface area (Å²) >= 11 is 3.43. The van der Waals surface area contributed by atoms with Gasteiger partial charge in [-0.05, 0) is 36.2 Å². The summed E-state index contributed by atoms with van der Waals surface area (Å²) in [7, 11) is 0. The van der Waals surface area contributed by atoms with E-state index in [-0.39, 0.29) is 22.6 Å². The van der Waals surface area contributed by atoms with Gasteiger partial charge in [-0.3, -0.25) is 19.7 Å². The van der Waals surface area contributed by atoms with Gasteiger partial charge in [0.2, 0.25) is 0 Å². The van der Waals surface area contributed by atoms with E-state index in [2.05, 4.69) is 22.9 Å². The normalized spacial score (nSPS) is 16.4. The van der Waals surface area contributed by atoms with Crippen molar-refractivity contribution in [1.29, 1.82) is 0 Å². The van der Waals surface area contributed by atoms with E-state index in [4.69, 9.17) is 0 Å². The second-order valence-electron chi connectivity index (χ2n) is 10.9. The number of rotatable bonds is 18. The van der Waals surface area contributed by atoms with Gasteiger partial charge in [0.1, 0.15) is 5.76 Å². The molecule has 1 fully saturated rings. The van der Waals surface area contributed by atoms with Gasteiger partial charge in [0.25, 0.3) is 17.4 Å². The van der Waals surface area contributed by atoms with Crippen LogP contribution in [0.1, 0.15) is 114 Å². The lowest BCUT2D eigenvalue weighted by Crippen LogP contribution is -2.30. The van der Waals surface area contributed by atoms with Gasteiger partial charge in [-0.15, -0.1) is 0 Å². The van der Waals surface area contributed by atoms with E-state index in [1.54, 1.807) is 4.90 Å². The van der Waals surface area contributed by atoms with E-state index in [0.717, 1.165) is 29.3 Å². The van der Waals surface area contributed by atoms with Crippen LogP contribution in [-0.2, 0) is 9.59 Å². The van der Waals surface area contributed by atoms with Crippen LogP contribution in [0.15, 0.2) is 58.6 Å². The predicted octanol–water partition coefficient (Wildman–Crippen LogP) is 9.26.